The second-order valence-corrected chi connectivity index (χ2v) is 3.41. The van der Waals surface area contributed by atoms with Gasteiger partial charge >= 0.3 is 0 Å². The van der Waals surface area contributed by atoms with Crippen LogP contribution in [0.15, 0.2) is 30.4 Å². The molecule has 0 saturated carbocycles. The lowest BCUT2D eigenvalue weighted by Gasteiger charge is -2.10. The van der Waals surface area contributed by atoms with Crippen LogP contribution in [0.1, 0.15) is 19.4 Å². The Morgan fingerprint density at radius 2 is 2.25 bits per heavy atom. The van der Waals surface area contributed by atoms with Crippen molar-refractivity contribution in [3.8, 4) is 5.75 Å². The molecule has 88 valence electrons. The number of ether oxygens (including phenoxy) is 1. The lowest BCUT2D eigenvalue weighted by atomic mass is 10.2. The second-order valence-electron chi connectivity index (χ2n) is 3.41. The largest absolute Gasteiger partial charge is 0.489 e. The summed E-state index contributed by atoms with van der Waals surface area (Å²) in [6.07, 6.45) is 3.84. The molecule has 0 fully saturated rings. The molecule has 0 aliphatic carbocycles. The van der Waals surface area contributed by atoms with E-state index < -0.39 is 0 Å². The number of hydrogen-bond acceptors (Lipinski definition) is 2. The molecular formula is C13H18FNO. The van der Waals surface area contributed by atoms with Crippen LogP contribution in [0.4, 0.5) is 4.39 Å². The summed E-state index contributed by atoms with van der Waals surface area (Å²) in [7, 11) is 0. The Morgan fingerprint density at radius 3 is 2.94 bits per heavy atom. The van der Waals surface area contributed by atoms with Gasteiger partial charge in [-0.25, -0.2) is 4.39 Å². The first kappa shape index (κ1) is 12.7. The third kappa shape index (κ3) is 4.03. The van der Waals surface area contributed by atoms with Crippen LogP contribution in [0.25, 0.3) is 0 Å². The van der Waals surface area contributed by atoms with Crippen molar-refractivity contribution >= 4 is 0 Å². The molecule has 16 heavy (non-hydrogen) atoms. The van der Waals surface area contributed by atoms with E-state index in [0.29, 0.717) is 13.2 Å². The van der Waals surface area contributed by atoms with E-state index in [1.54, 1.807) is 6.07 Å². The van der Waals surface area contributed by atoms with Gasteiger partial charge in [0.05, 0.1) is 0 Å². The predicted octanol–water partition coefficient (Wildman–Crippen LogP) is 2.89. The maximum atomic E-state index is 13.1. The number of allylic oxidation sites excluding steroid dienone is 1. The number of nitrogens with one attached hydrogen (secondary N) is 1. The van der Waals surface area contributed by atoms with Gasteiger partial charge in [-0.15, -0.1) is 0 Å². The smallest absolute Gasteiger partial charge is 0.124 e. The van der Waals surface area contributed by atoms with E-state index in [9.17, 15) is 4.39 Å². The SMILES string of the molecule is C/C=C/COc1ccc(F)cc1CNCC. The van der Waals surface area contributed by atoms with Crippen LogP contribution in [0, 0.1) is 5.82 Å². The van der Waals surface area contributed by atoms with Crippen molar-refractivity contribution in [2.45, 2.75) is 20.4 Å². The molecule has 3 heteroatoms. The highest BCUT2D eigenvalue weighted by molar-refractivity contribution is 5.34. The van der Waals surface area contributed by atoms with Gasteiger partial charge in [-0.3, -0.25) is 0 Å². The molecule has 1 aromatic carbocycles. The minimum Gasteiger partial charge on any atom is -0.489 e. The summed E-state index contributed by atoms with van der Waals surface area (Å²) in [5.41, 5.74) is 0.853. The predicted molar refractivity (Wildman–Crippen MR) is 64.1 cm³/mol. The minimum absolute atomic E-state index is 0.230. The summed E-state index contributed by atoms with van der Waals surface area (Å²) in [5.74, 6) is 0.506. The molecule has 0 aliphatic rings. The minimum atomic E-state index is -0.230. The monoisotopic (exact) mass is 223 g/mol. The highest BCUT2D eigenvalue weighted by Crippen LogP contribution is 2.19. The summed E-state index contributed by atoms with van der Waals surface area (Å²) in [4.78, 5) is 0. The van der Waals surface area contributed by atoms with Gasteiger partial charge in [0.25, 0.3) is 0 Å². The van der Waals surface area contributed by atoms with Crippen molar-refractivity contribution in [1.29, 1.82) is 0 Å². The van der Waals surface area contributed by atoms with Crippen LogP contribution >= 0.6 is 0 Å². The number of hydrogen-bond donors (Lipinski definition) is 1. The van der Waals surface area contributed by atoms with Crippen molar-refractivity contribution in [3.05, 3.63) is 41.7 Å². The zero-order valence-corrected chi connectivity index (χ0v) is 9.79. The summed E-state index contributed by atoms with van der Waals surface area (Å²) in [6.45, 7) is 5.94. The maximum Gasteiger partial charge on any atom is 0.124 e. The average molecular weight is 223 g/mol. The fourth-order valence-electron chi connectivity index (χ4n) is 1.32. The number of rotatable bonds is 6. The zero-order chi connectivity index (χ0) is 11.8. The summed E-state index contributed by atoms with van der Waals surface area (Å²) < 4.78 is 18.6. The van der Waals surface area contributed by atoms with E-state index in [0.717, 1.165) is 17.9 Å². The molecule has 1 N–H and O–H groups in total. The maximum absolute atomic E-state index is 13.1. The van der Waals surface area contributed by atoms with E-state index in [1.165, 1.54) is 12.1 Å². The van der Waals surface area contributed by atoms with Gasteiger partial charge in [-0.05, 0) is 31.7 Å². The van der Waals surface area contributed by atoms with Crippen LogP contribution in [-0.2, 0) is 6.54 Å². The molecule has 0 bridgehead atoms. The molecular weight excluding hydrogens is 205 g/mol. The van der Waals surface area contributed by atoms with Gasteiger partial charge in [-0.2, -0.15) is 0 Å². The molecule has 0 heterocycles. The van der Waals surface area contributed by atoms with Crippen molar-refractivity contribution in [2.24, 2.45) is 0 Å². The molecule has 0 aromatic heterocycles. The molecule has 2 nitrogen and oxygen atoms in total. The molecule has 0 radical (unpaired) electrons. The molecule has 0 saturated heterocycles. The third-order valence-electron chi connectivity index (χ3n) is 2.16. The first-order chi connectivity index (χ1) is 7.77. The van der Waals surface area contributed by atoms with E-state index in [1.807, 2.05) is 26.0 Å². The van der Waals surface area contributed by atoms with Crippen LogP contribution in [-0.4, -0.2) is 13.2 Å². The van der Waals surface area contributed by atoms with Crippen LogP contribution in [0.3, 0.4) is 0 Å². The van der Waals surface area contributed by atoms with E-state index >= 15 is 0 Å². The van der Waals surface area contributed by atoms with Crippen LogP contribution in [0.5, 0.6) is 5.75 Å². The summed E-state index contributed by atoms with van der Waals surface area (Å²) in [5, 5.41) is 3.16. The van der Waals surface area contributed by atoms with Crippen molar-refractivity contribution in [3.63, 3.8) is 0 Å². The van der Waals surface area contributed by atoms with Gasteiger partial charge < -0.3 is 10.1 Å². The molecule has 0 unspecified atom stereocenters. The second kappa shape index (κ2) is 7.01. The van der Waals surface area contributed by atoms with Crippen molar-refractivity contribution in [1.82, 2.24) is 5.32 Å². The van der Waals surface area contributed by atoms with Gasteiger partial charge in [0, 0.05) is 12.1 Å². The molecule has 1 rings (SSSR count). The fraction of sp³-hybridized carbons (Fsp3) is 0.385. The van der Waals surface area contributed by atoms with Crippen LogP contribution < -0.4 is 10.1 Å². The highest BCUT2D eigenvalue weighted by Gasteiger charge is 2.04. The summed E-state index contributed by atoms with van der Waals surface area (Å²) >= 11 is 0. The average Bonchev–Trinajstić information content (AvgIpc) is 2.29. The Morgan fingerprint density at radius 1 is 1.44 bits per heavy atom. The van der Waals surface area contributed by atoms with Gasteiger partial charge in [0.15, 0.2) is 0 Å². The lowest BCUT2D eigenvalue weighted by molar-refractivity contribution is 0.356. The molecule has 0 amide bonds. The summed E-state index contributed by atoms with van der Waals surface area (Å²) in [6, 6.07) is 4.60. The third-order valence-corrected chi connectivity index (χ3v) is 2.16. The van der Waals surface area contributed by atoms with Gasteiger partial charge in [0.1, 0.15) is 18.2 Å². The molecule has 1 aromatic rings. The first-order valence-electron chi connectivity index (χ1n) is 5.51. The molecule has 0 aliphatic heterocycles. The highest BCUT2D eigenvalue weighted by atomic mass is 19.1. The van der Waals surface area contributed by atoms with Gasteiger partial charge in [0.2, 0.25) is 0 Å². The Balaban J connectivity index is 2.72. The Hall–Kier alpha value is -1.35. The van der Waals surface area contributed by atoms with Gasteiger partial charge in [-0.1, -0.05) is 19.1 Å². The fourth-order valence-corrected chi connectivity index (χ4v) is 1.32. The Bertz CT molecular complexity index is 350. The lowest BCUT2D eigenvalue weighted by Crippen LogP contribution is -2.13. The topological polar surface area (TPSA) is 21.3 Å². The molecule has 0 atom stereocenters. The molecule has 0 spiro atoms. The van der Waals surface area contributed by atoms with E-state index in [-0.39, 0.29) is 5.82 Å². The van der Waals surface area contributed by atoms with Crippen molar-refractivity contribution < 1.29 is 9.13 Å². The normalized spacial score (nSPS) is 10.9. The Kier molecular flexibility index (Phi) is 5.57. The quantitative estimate of drug-likeness (QED) is 0.749. The van der Waals surface area contributed by atoms with E-state index in [4.69, 9.17) is 4.74 Å². The number of benzene rings is 1. The van der Waals surface area contributed by atoms with Crippen LogP contribution in [0.2, 0.25) is 0 Å². The first-order valence-corrected chi connectivity index (χ1v) is 5.51. The number of halogens is 1. The van der Waals surface area contributed by atoms with E-state index in [2.05, 4.69) is 5.32 Å². The van der Waals surface area contributed by atoms with Crippen molar-refractivity contribution in [2.75, 3.05) is 13.2 Å². The zero-order valence-electron chi connectivity index (χ0n) is 9.79. The Labute approximate surface area is 96.1 Å². The standard InChI is InChI=1S/C13H18FNO/c1-3-5-8-16-13-7-6-12(14)9-11(13)10-15-4-2/h3,5-7,9,15H,4,8,10H2,1-2H3/b5-3+.